The largest absolute Gasteiger partial charge is 0.395 e. The zero-order valence-corrected chi connectivity index (χ0v) is 19.2. The molecule has 1 amide bonds. The summed E-state index contributed by atoms with van der Waals surface area (Å²) in [5, 5.41) is 10.1. The van der Waals surface area contributed by atoms with Crippen LogP contribution in [0.3, 0.4) is 0 Å². The average molecular weight is 434 g/mol. The predicted molar refractivity (Wildman–Crippen MR) is 130 cm³/mol. The van der Waals surface area contributed by atoms with E-state index in [4.69, 9.17) is 0 Å². The Hall–Kier alpha value is -2.47. The number of hydrogen-bond acceptors (Lipinski definition) is 4. The quantitative estimate of drug-likeness (QED) is 0.711. The summed E-state index contributed by atoms with van der Waals surface area (Å²) in [6.45, 7) is 3.17. The minimum absolute atomic E-state index is 0.134. The van der Waals surface area contributed by atoms with Crippen molar-refractivity contribution in [1.29, 1.82) is 0 Å². The zero-order chi connectivity index (χ0) is 22.5. The third kappa shape index (κ3) is 5.12. The fraction of sp³-hybridized carbons (Fsp3) is 0.444. The van der Waals surface area contributed by atoms with Crippen molar-refractivity contribution >= 4 is 18.1 Å². The molecule has 0 aromatic heterocycles. The van der Waals surface area contributed by atoms with Gasteiger partial charge in [0.05, 0.1) is 13.2 Å². The van der Waals surface area contributed by atoms with E-state index in [0.29, 0.717) is 6.54 Å². The molecule has 0 unspecified atom stereocenters. The van der Waals surface area contributed by atoms with E-state index >= 15 is 0 Å². The van der Waals surface area contributed by atoms with E-state index in [-0.39, 0.29) is 30.5 Å². The van der Waals surface area contributed by atoms with Crippen LogP contribution in [0.5, 0.6) is 0 Å². The Morgan fingerprint density at radius 1 is 1.00 bits per heavy atom. The summed E-state index contributed by atoms with van der Waals surface area (Å²) in [5.41, 5.74) is 3.60. The second kappa shape index (κ2) is 10.4. The lowest BCUT2D eigenvalue weighted by Crippen LogP contribution is -2.68. The smallest absolute Gasteiger partial charge is 0.236 e. The third-order valence-corrected chi connectivity index (χ3v) is 6.76. The highest BCUT2D eigenvalue weighted by Crippen LogP contribution is 2.42. The number of aliphatic hydroxyl groups excluding tert-OH is 1. The van der Waals surface area contributed by atoms with Gasteiger partial charge in [-0.15, -0.1) is 0 Å². The van der Waals surface area contributed by atoms with Crippen molar-refractivity contribution in [3.05, 3.63) is 71.3 Å². The molecule has 4 rings (SSSR count). The summed E-state index contributed by atoms with van der Waals surface area (Å²) in [6.07, 6.45) is 6.34. The van der Waals surface area contributed by atoms with Gasteiger partial charge in [-0.3, -0.25) is 9.69 Å². The molecule has 170 valence electrons. The lowest BCUT2D eigenvalue weighted by atomic mass is 9.74. The highest BCUT2D eigenvalue weighted by atomic mass is 16.3. The molecule has 2 heterocycles. The monoisotopic (exact) mass is 433 g/mol. The van der Waals surface area contributed by atoms with Crippen LogP contribution in [0.15, 0.2) is 54.6 Å². The van der Waals surface area contributed by atoms with Crippen molar-refractivity contribution in [2.75, 3.05) is 46.9 Å². The molecular formula is C27H35N3O2. The molecule has 1 N–H and O–H groups in total. The topological polar surface area (TPSA) is 47.0 Å². The fourth-order valence-electron chi connectivity index (χ4n) is 5.12. The number of hydrogen-bond donors (Lipinski definition) is 1. The first-order chi connectivity index (χ1) is 15.6. The number of rotatable bonds is 6. The second-order valence-electron chi connectivity index (χ2n) is 9.28. The first-order valence-corrected chi connectivity index (χ1v) is 11.7. The fourth-order valence-corrected chi connectivity index (χ4v) is 5.12. The Balaban J connectivity index is 1.49. The maximum Gasteiger partial charge on any atom is 0.236 e. The summed E-state index contributed by atoms with van der Waals surface area (Å²) in [4.78, 5) is 19.2. The molecule has 2 fully saturated rings. The van der Waals surface area contributed by atoms with Crippen molar-refractivity contribution in [2.24, 2.45) is 0 Å². The van der Waals surface area contributed by atoms with Gasteiger partial charge in [-0.25, -0.2) is 0 Å². The SMILES string of the molecule is CN(C)CC(=O)N1CCCCN2[C@H](C1)[C@@H](c1ccc(C=Cc3ccccc3)cc1)[C@@H]2CO. The summed E-state index contributed by atoms with van der Waals surface area (Å²) in [5.74, 6) is 0.448. The van der Waals surface area contributed by atoms with Crippen molar-refractivity contribution < 1.29 is 9.90 Å². The second-order valence-corrected chi connectivity index (χ2v) is 9.28. The van der Waals surface area contributed by atoms with Gasteiger partial charge in [0.25, 0.3) is 0 Å². The summed E-state index contributed by atoms with van der Waals surface area (Å²) >= 11 is 0. The molecule has 3 atom stereocenters. The molecule has 0 bridgehead atoms. The van der Waals surface area contributed by atoms with Crippen LogP contribution >= 0.6 is 0 Å². The zero-order valence-electron chi connectivity index (χ0n) is 19.2. The number of fused-ring (bicyclic) bond motifs is 1. The molecule has 0 saturated carbocycles. The van der Waals surface area contributed by atoms with E-state index in [9.17, 15) is 9.90 Å². The summed E-state index contributed by atoms with van der Waals surface area (Å²) < 4.78 is 0. The van der Waals surface area contributed by atoms with Crippen LogP contribution in [-0.2, 0) is 4.79 Å². The van der Waals surface area contributed by atoms with E-state index in [1.54, 1.807) is 0 Å². The van der Waals surface area contributed by atoms with Gasteiger partial charge in [-0.2, -0.15) is 0 Å². The van der Waals surface area contributed by atoms with Gasteiger partial charge in [0.15, 0.2) is 0 Å². The molecule has 2 saturated heterocycles. The molecule has 32 heavy (non-hydrogen) atoms. The molecule has 0 aliphatic carbocycles. The lowest BCUT2D eigenvalue weighted by Gasteiger charge is -2.57. The van der Waals surface area contributed by atoms with Gasteiger partial charge in [0.1, 0.15) is 0 Å². The normalized spacial score (nSPS) is 24.1. The van der Waals surface area contributed by atoms with Crippen LogP contribution in [0, 0.1) is 0 Å². The molecular weight excluding hydrogens is 398 g/mol. The summed E-state index contributed by atoms with van der Waals surface area (Å²) in [7, 11) is 3.88. The van der Waals surface area contributed by atoms with Gasteiger partial charge >= 0.3 is 0 Å². The molecule has 0 radical (unpaired) electrons. The third-order valence-electron chi connectivity index (χ3n) is 6.76. The van der Waals surface area contributed by atoms with Crippen LogP contribution in [-0.4, -0.2) is 84.7 Å². The number of amides is 1. The lowest BCUT2D eigenvalue weighted by molar-refractivity contribution is -0.137. The Morgan fingerprint density at radius 2 is 1.66 bits per heavy atom. The predicted octanol–water partition coefficient (Wildman–Crippen LogP) is 3.17. The van der Waals surface area contributed by atoms with E-state index in [2.05, 4.69) is 53.5 Å². The van der Waals surface area contributed by atoms with Crippen LogP contribution in [0.2, 0.25) is 0 Å². The first-order valence-electron chi connectivity index (χ1n) is 11.7. The van der Waals surface area contributed by atoms with Gasteiger partial charge in [0, 0.05) is 31.1 Å². The minimum Gasteiger partial charge on any atom is -0.395 e. The van der Waals surface area contributed by atoms with Gasteiger partial charge < -0.3 is 14.9 Å². The Kier molecular flexibility index (Phi) is 7.40. The highest BCUT2D eigenvalue weighted by Gasteiger charge is 2.49. The number of benzene rings is 2. The van der Waals surface area contributed by atoms with Gasteiger partial charge in [-0.05, 0) is 50.2 Å². The van der Waals surface area contributed by atoms with Crippen LogP contribution < -0.4 is 0 Å². The van der Waals surface area contributed by atoms with Gasteiger partial charge in [-0.1, -0.05) is 66.7 Å². The summed E-state index contributed by atoms with van der Waals surface area (Å²) in [6, 6.07) is 19.4. The van der Waals surface area contributed by atoms with E-state index < -0.39 is 0 Å². The van der Waals surface area contributed by atoms with E-state index in [1.807, 2.05) is 42.1 Å². The van der Waals surface area contributed by atoms with Crippen molar-refractivity contribution in [2.45, 2.75) is 30.8 Å². The number of nitrogens with zero attached hydrogens (tertiary/aromatic N) is 3. The molecule has 5 heteroatoms. The van der Waals surface area contributed by atoms with E-state index in [0.717, 1.165) is 38.0 Å². The standard InChI is InChI=1S/C27H35N3O2/c1-28(2)19-26(32)29-16-6-7-17-30-24(18-29)27(25(30)20-31)23-14-12-22(13-15-23)11-10-21-8-4-3-5-9-21/h3-5,8-15,24-25,27,31H,6-7,16-20H2,1-2H3/t24-,25+,27-/m1/s1. The van der Waals surface area contributed by atoms with Crippen LogP contribution in [0.1, 0.15) is 35.4 Å². The molecule has 2 aliphatic heterocycles. The first kappa shape index (κ1) is 22.7. The number of aliphatic hydroxyl groups is 1. The van der Waals surface area contributed by atoms with E-state index in [1.165, 1.54) is 11.1 Å². The van der Waals surface area contributed by atoms with Crippen LogP contribution in [0.4, 0.5) is 0 Å². The van der Waals surface area contributed by atoms with Gasteiger partial charge in [0.2, 0.25) is 5.91 Å². The maximum atomic E-state index is 12.8. The molecule has 2 aromatic rings. The molecule has 5 nitrogen and oxygen atoms in total. The molecule has 2 aliphatic rings. The van der Waals surface area contributed by atoms with Crippen molar-refractivity contribution in [1.82, 2.24) is 14.7 Å². The number of carbonyl (C=O) groups is 1. The Bertz CT molecular complexity index is 910. The Morgan fingerprint density at radius 3 is 2.31 bits per heavy atom. The van der Waals surface area contributed by atoms with Crippen molar-refractivity contribution in [3.8, 4) is 0 Å². The molecule has 0 spiro atoms. The maximum absolute atomic E-state index is 12.8. The average Bonchev–Trinajstić information content (AvgIpc) is 2.77. The number of carbonyl (C=O) groups excluding carboxylic acids is 1. The van der Waals surface area contributed by atoms with Crippen molar-refractivity contribution in [3.63, 3.8) is 0 Å². The Labute approximate surface area is 191 Å². The van der Waals surface area contributed by atoms with Crippen LogP contribution in [0.25, 0.3) is 12.2 Å². The highest BCUT2D eigenvalue weighted by molar-refractivity contribution is 5.78. The number of likely N-dealkylation sites (N-methyl/N-ethyl adjacent to an activating group) is 1. The minimum atomic E-state index is 0.134. The molecule has 2 aromatic carbocycles.